The number of fused-ring (bicyclic) bond motifs is 1. The molecule has 0 radical (unpaired) electrons. The van der Waals surface area contributed by atoms with Crippen molar-refractivity contribution >= 4 is 27.5 Å². The number of carbonyl (C=O) groups is 2. The Morgan fingerprint density at radius 1 is 0.953 bits per heavy atom. The van der Waals surface area contributed by atoms with E-state index >= 15 is 0 Å². The molecule has 0 aliphatic carbocycles. The van der Waals surface area contributed by atoms with Crippen molar-refractivity contribution in [3.05, 3.63) is 89.5 Å². The van der Waals surface area contributed by atoms with Gasteiger partial charge in [0.2, 0.25) is 28.6 Å². The van der Waals surface area contributed by atoms with E-state index in [1.165, 1.54) is 4.31 Å². The summed E-state index contributed by atoms with van der Waals surface area (Å²) in [4.78, 5) is 29.3. The van der Waals surface area contributed by atoms with Gasteiger partial charge in [0.1, 0.15) is 6.04 Å². The Morgan fingerprint density at radius 3 is 2.33 bits per heavy atom. The maximum Gasteiger partial charge on any atom is 0.243 e. The molecule has 0 saturated carbocycles. The first-order valence-electron chi connectivity index (χ1n) is 14.6. The van der Waals surface area contributed by atoms with E-state index in [2.05, 4.69) is 5.32 Å². The van der Waals surface area contributed by atoms with Crippen molar-refractivity contribution in [3.8, 4) is 11.5 Å². The summed E-state index contributed by atoms with van der Waals surface area (Å²) in [5.41, 5.74) is 3.39. The Morgan fingerprint density at radius 2 is 1.65 bits per heavy atom. The van der Waals surface area contributed by atoms with Gasteiger partial charge >= 0.3 is 0 Å². The summed E-state index contributed by atoms with van der Waals surface area (Å²) >= 11 is 0. The van der Waals surface area contributed by atoms with E-state index in [1.807, 2.05) is 75.4 Å². The second-order valence-electron chi connectivity index (χ2n) is 11.0. The molecule has 9 nitrogen and oxygen atoms in total. The molecule has 1 heterocycles. The quantitative estimate of drug-likeness (QED) is 0.282. The zero-order valence-electron chi connectivity index (χ0n) is 25.3. The molecule has 3 aromatic carbocycles. The first-order chi connectivity index (χ1) is 20.5. The van der Waals surface area contributed by atoms with Crippen LogP contribution in [0.3, 0.4) is 0 Å². The summed E-state index contributed by atoms with van der Waals surface area (Å²) in [6.07, 6.45) is 2.57. The number of nitrogens with one attached hydrogen (secondary N) is 1. The minimum absolute atomic E-state index is 0.0490. The molecule has 0 saturated heterocycles. The molecule has 0 spiro atoms. The average Bonchev–Trinajstić information content (AvgIpc) is 3.46. The SMILES string of the molecule is CC[C@@H](C)NC(=O)[C@H](Cc1ccccc1)N(Cc1ccc(C)cc1)C(=O)CCCN(c1ccc2c(c1)OCO2)S(C)(=O)=O. The number of hydrogen-bond acceptors (Lipinski definition) is 6. The Bertz CT molecular complexity index is 1490. The minimum Gasteiger partial charge on any atom is -0.454 e. The predicted molar refractivity (Wildman–Crippen MR) is 168 cm³/mol. The zero-order valence-corrected chi connectivity index (χ0v) is 26.1. The summed E-state index contributed by atoms with van der Waals surface area (Å²) in [5, 5.41) is 3.07. The first kappa shape index (κ1) is 31.9. The molecule has 1 aliphatic rings. The van der Waals surface area contributed by atoms with Crippen LogP contribution in [-0.4, -0.2) is 56.8 Å². The van der Waals surface area contributed by atoms with Crippen LogP contribution in [-0.2, 0) is 32.6 Å². The molecule has 2 amide bonds. The lowest BCUT2D eigenvalue weighted by molar-refractivity contribution is -0.141. The van der Waals surface area contributed by atoms with Gasteiger partial charge in [-0.05, 0) is 49.9 Å². The van der Waals surface area contributed by atoms with Crippen LogP contribution in [0.4, 0.5) is 5.69 Å². The highest BCUT2D eigenvalue weighted by Gasteiger charge is 2.31. The zero-order chi connectivity index (χ0) is 31.0. The van der Waals surface area contributed by atoms with Crippen molar-refractivity contribution in [2.24, 2.45) is 0 Å². The molecule has 10 heteroatoms. The van der Waals surface area contributed by atoms with E-state index in [-0.39, 0.29) is 50.6 Å². The molecule has 1 N–H and O–H groups in total. The molecular weight excluding hydrogens is 566 g/mol. The smallest absolute Gasteiger partial charge is 0.243 e. The molecule has 1 aliphatic heterocycles. The molecular formula is C33H41N3O6S. The number of carbonyl (C=O) groups excluding carboxylic acids is 2. The number of hydrogen-bond donors (Lipinski definition) is 1. The van der Waals surface area contributed by atoms with Crippen molar-refractivity contribution in [1.29, 1.82) is 0 Å². The van der Waals surface area contributed by atoms with E-state index in [0.29, 0.717) is 23.6 Å². The standard InChI is InChI=1S/C33H41N3O6S/c1-5-25(3)34-33(38)29(20-26-10-7-6-8-11-26)35(22-27-15-13-24(2)14-16-27)32(37)12-9-19-36(43(4,39)40)28-17-18-30-31(21-28)42-23-41-30/h6-8,10-11,13-18,21,25,29H,5,9,12,19-20,22-23H2,1-4H3,(H,34,38)/t25-,29+/m1/s1. The van der Waals surface area contributed by atoms with Crippen LogP contribution in [0.1, 0.15) is 49.8 Å². The number of aryl methyl sites for hydroxylation is 1. The molecule has 3 aromatic rings. The molecule has 43 heavy (non-hydrogen) atoms. The Kier molecular flexibility index (Phi) is 10.7. The third kappa shape index (κ3) is 8.73. The number of nitrogens with zero attached hydrogens (tertiary/aromatic N) is 2. The van der Waals surface area contributed by atoms with Crippen molar-refractivity contribution < 1.29 is 27.5 Å². The van der Waals surface area contributed by atoms with Gasteiger partial charge in [0.05, 0.1) is 11.9 Å². The maximum absolute atomic E-state index is 14.0. The molecule has 4 rings (SSSR count). The van der Waals surface area contributed by atoms with Crippen LogP contribution in [0.5, 0.6) is 11.5 Å². The second kappa shape index (κ2) is 14.4. The summed E-state index contributed by atoms with van der Waals surface area (Å²) in [5.74, 6) is 0.596. The van der Waals surface area contributed by atoms with Gasteiger partial charge in [0.25, 0.3) is 0 Å². The van der Waals surface area contributed by atoms with Gasteiger partial charge in [-0.25, -0.2) is 8.42 Å². The van der Waals surface area contributed by atoms with Crippen molar-refractivity contribution in [3.63, 3.8) is 0 Å². The highest BCUT2D eigenvalue weighted by molar-refractivity contribution is 7.92. The number of rotatable bonds is 14. The average molecular weight is 608 g/mol. The van der Waals surface area contributed by atoms with Crippen LogP contribution in [0.2, 0.25) is 0 Å². The van der Waals surface area contributed by atoms with E-state index in [1.54, 1.807) is 23.1 Å². The topological polar surface area (TPSA) is 105 Å². The summed E-state index contributed by atoms with van der Waals surface area (Å²) < 4.78 is 37.5. The number of benzene rings is 3. The number of anilines is 1. The summed E-state index contributed by atoms with van der Waals surface area (Å²) in [6.45, 7) is 6.36. The second-order valence-corrected chi connectivity index (χ2v) is 12.9. The first-order valence-corrected chi connectivity index (χ1v) is 16.5. The van der Waals surface area contributed by atoms with E-state index in [4.69, 9.17) is 9.47 Å². The number of sulfonamides is 1. The van der Waals surface area contributed by atoms with Gasteiger partial charge in [-0.1, -0.05) is 67.1 Å². The third-order valence-corrected chi connectivity index (χ3v) is 8.74. The Labute approximate surface area is 254 Å². The number of ether oxygens (including phenoxy) is 2. The highest BCUT2D eigenvalue weighted by Crippen LogP contribution is 2.36. The van der Waals surface area contributed by atoms with Gasteiger partial charge in [-0.3, -0.25) is 13.9 Å². The Balaban J connectivity index is 1.58. The number of amides is 2. The molecule has 0 bridgehead atoms. The predicted octanol–water partition coefficient (Wildman–Crippen LogP) is 4.82. The summed E-state index contributed by atoms with van der Waals surface area (Å²) in [6, 6.07) is 21.7. The minimum atomic E-state index is -3.65. The van der Waals surface area contributed by atoms with Crippen LogP contribution in [0.25, 0.3) is 0 Å². The fourth-order valence-electron chi connectivity index (χ4n) is 4.93. The van der Waals surface area contributed by atoms with E-state index in [9.17, 15) is 18.0 Å². The monoisotopic (exact) mass is 607 g/mol. The molecule has 230 valence electrons. The Hall–Kier alpha value is -4.05. The van der Waals surface area contributed by atoms with Gasteiger partial charge < -0.3 is 19.7 Å². The lowest BCUT2D eigenvalue weighted by Crippen LogP contribution is -2.52. The van der Waals surface area contributed by atoms with Crippen LogP contribution >= 0.6 is 0 Å². The van der Waals surface area contributed by atoms with Gasteiger partial charge in [-0.15, -0.1) is 0 Å². The van der Waals surface area contributed by atoms with Gasteiger partial charge in [-0.2, -0.15) is 0 Å². The molecule has 0 aromatic heterocycles. The van der Waals surface area contributed by atoms with Gasteiger partial charge in [0.15, 0.2) is 11.5 Å². The highest BCUT2D eigenvalue weighted by atomic mass is 32.2. The molecule has 0 fully saturated rings. The molecule has 2 atom stereocenters. The third-order valence-electron chi connectivity index (χ3n) is 7.54. The lowest BCUT2D eigenvalue weighted by Gasteiger charge is -2.32. The van der Waals surface area contributed by atoms with Crippen LogP contribution in [0.15, 0.2) is 72.8 Å². The maximum atomic E-state index is 14.0. The fourth-order valence-corrected chi connectivity index (χ4v) is 5.89. The van der Waals surface area contributed by atoms with Crippen molar-refractivity contribution in [2.75, 3.05) is 23.9 Å². The normalized spacial score (nSPS) is 13.7. The van der Waals surface area contributed by atoms with E-state index < -0.39 is 16.1 Å². The van der Waals surface area contributed by atoms with Crippen molar-refractivity contribution in [1.82, 2.24) is 10.2 Å². The largest absolute Gasteiger partial charge is 0.454 e. The summed E-state index contributed by atoms with van der Waals surface area (Å²) in [7, 11) is -3.65. The molecule has 0 unspecified atom stereocenters. The van der Waals surface area contributed by atoms with Crippen LogP contribution < -0.4 is 19.1 Å². The lowest BCUT2D eigenvalue weighted by atomic mass is 10.0. The van der Waals surface area contributed by atoms with Crippen molar-refractivity contribution in [2.45, 2.75) is 65.1 Å². The van der Waals surface area contributed by atoms with E-state index in [0.717, 1.165) is 29.4 Å². The van der Waals surface area contributed by atoms with Gasteiger partial charge in [0, 0.05) is 38.0 Å². The fraction of sp³-hybridized carbons (Fsp3) is 0.394. The van der Waals surface area contributed by atoms with Crippen LogP contribution in [0, 0.1) is 6.92 Å².